The molecule has 0 amide bonds. The van der Waals surface area contributed by atoms with Gasteiger partial charge in [0.25, 0.3) is 8.32 Å². The van der Waals surface area contributed by atoms with E-state index >= 15 is 0 Å². The van der Waals surface area contributed by atoms with Crippen molar-refractivity contribution in [3.8, 4) is 0 Å². The molecule has 0 aliphatic carbocycles. The summed E-state index contributed by atoms with van der Waals surface area (Å²) in [5.41, 5.74) is 2.32. The van der Waals surface area contributed by atoms with Crippen LogP contribution < -0.4 is 0 Å². The number of hydrogen-bond acceptors (Lipinski definition) is 2. The Morgan fingerprint density at radius 3 is 2.07 bits per heavy atom. The smallest absolute Gasteiger partial charge is 0.317 e. The van der Waals surface area contributed by atoms with Gasteiger partial charge in [0.15, 0.2) is 8.24 Å². The molecule has 0 radical (unpaired) electrons. The molecule has 0 aliphatic rings. The summed E-state index contributed by atoms with van der Waals surface area (Å²) in [4.78, 5) is 12.5. The zero-order chi connectivity index (χ0) is 21.5. The second kappa shape index (κ2) is 7.34. The van der Waals surface area contributed by atoms with Crippen LogP contribution in [0.25, 0.3) is 17.0 Å². The lowest BCUT2D eigenvalue weighted by molar-refractivity contribution is -0.129. The summed E-state index contributed by atoms with van der Waals surface area (Å²) < 4.78 is 8.35. The van der Waals surface area contributed by atoms with Crippen LogP contribution in [-0.2, 0) is 9.22 Å². The van der Waals surface area contributed by atoms with E-state index in [1.54, 1.807) is 6.08 Å². The number of aromatic nitrogens is 1. The fourth-order valence-corrected chi connectivity index (χ4v) is 5.62. The average molecular weight is 416 g/mol. The Kier molecular flexibility index (Phi) is 5.95. The highest BCUT2D eigenvalue weighted by atomic mass is 28.4. The molecule has 3 nitrogen and oxygen atoms in total. The fourth-order valence-electron chi connectivity index (χ4n) is 2.76. The summed E-state index contributed by atoms with van der Waals surface area (Å²) in [6, 6.07) is 8.47. The standard InChI is InChI=1S/C23H37NO2Si2/c1-22(2,3)27(7,8)24-17-18(19-13-11-12-14-20(19)24)15-16-21(25)26-28(9,10)23(4,5)6/h11-17H,1-10H3/b16-15+. The van der Waals surface area contributed by atoms with Gasteiger partial charge in [0.05, 0.1) is 0 Å². The van der Waals surface area contributed by atoms with E-state index in [9.17, 15) is 4.79 Å². The molecule has 0 saturated carbocycles. The van der Waals surface area contributed by atoms with Gasteiger partial charge in [0.2, 0.25) is 0 Å². The lowest BCUT2D eigenvalue weighted by Crippen LogP contribution is -2.44. The van der Waals surface area contributed by atoms with E-state index in [1.807, 2.05) is 6.08 Å². The molecule has 0 N–H and O–H groups in total. The van der Waals surface area contributed by atoms with Gasteiger partial charge < -0.3 is 8.66 Å². The van der Waals surface area contributed by atoms with Crippen LogP contribution >= 0.6 is 0 Å². The number of hydrogen-bond donors (Lipinski definition) is 0. The maximum absolute atomic E-state index is 12.5. The summed E-state index contributed by atoms with van der Waals surface area (Å²) in [6.45, 7) is 22.4. The summed E-state index contributed by atoms with van der Waals surface area (Å²) in [7, 11) is -3.88. The van der Waals surface area contributed by atoms with Crippen molar-refractivity contribution in [2.75, 3.05) is 0 Å². The van der Waals surface area contributed by atoms with E-state index in [2.05, 4.69) is 102 Å². The lowest BCUT2D eigenvalue weighted by Gasteiger charge is -2.38. The molecule has 0 fully saturated rings. The van der Waals surface area contributed by atoms with Crippen LogP contribution in [0.3, 0.4) is 0 Å². The molecule has 28 heavy (non-hydrogen) atoms. The molecule has 1 aromatic carbocycles. The van der Waals surface area contributed by atoms with Crippen molar-refractivity contribution in [1.29, 1.82) is 0 Å². The van der Waals surface area contributed by atoms with Crippen LogP contribution in [0.5, 0.6) is 0 Å². The van der Waals surface area contributed by atoms with Crippen LogP contribution in [-0.4, -0.2) is 26.8 Å². The highest BCUT2D eigenvalue weighted by molar-refractivity contribution is 6.79. The number of carbonyl (C=O) groups excluding carboxylic acids is 1. The van der Waals surface area contributed by atoms with E-state index in [-0.39, 0.29) is 16.0 Å². The largest absolute Gasteiger partial charge is 0.516 e. The summed E-state index contributed by atoms with van der Waals surface area (Å²) in [5, 5.41) is 1.41. The van der Waals surface area contributed by atoms with Crippen molar-refractivity contribution >= 4 is 39.5 Å². The summed E-state index contributed by atoms with van der Waals surface area (Å²) in [5.74, 6) is -0.240. The zero-order valence-electron chi connectivity index (χ0n) is 19.3. The van der Waals surface area contributed by atoms with Gasteiger partial charge in [-0.05, 0) is 40.9 Å². The monoisotopic (exact) mass is 415 g/mol. The summed E-state index contributed by atoms with van der Waals surface area (Å²) in [6.07, 6.45) is 5.73. The minimum absolute atomic E-state index is 0.00879. The Hall–Kier alpha value is -1.60. The third-order valence-corrected chi connectivity index (χ3v) is 16.3. The predicted molar refractivity (Wildman–Crippen MR) is 127 cm³/mol. The van der Waals surface area contributed by atoms with Crippen molar-refractivity contribution in [1.82, 2.24) is 4.23 Å². The van der Waals surface area contributed by atoms with E-state index in [4.69, 9.17) is 4.43 Å². The fraction of sp³-hybridized carbons (Fsp3) is 0.522. The van der Waals surface area contributed by atoms with Gasteiger partial charge in [-0.1, -0.05) is 72.8 Å². The zero-order valence-corrected chi connectivity index (χ0v) is 21.3. The van der Waals surface area contributed by atoms with Crippen LogP contribution in [0.15, 0.2) is 36.5 Å². The molecule has 1 heterocycles. The van der Waals surface area contributed by atoms with Crippen molar-refractivity contribution in [2.24, 2.45) is 0 Å². The molecular weight excluding hydrogens is 378 g/mol. The van der Waals surface area contributed by atoms with Crippen molar-refractivity contribution < 1.29 is 9.22 Å². The van der Waals surface area contributed by atoms with Crippen molar-refractivity contribution in [2.45, 2.75) is 77.8 Å². The first-order valence-electron chi connectivity index (χ1n) is 10.1. The van der Waals surface area contributed by atoms with Crippen molar-refractivity contribution in [3.63, 3.8) is 0 Å². The number of rotatable bonds is 4. The maximum atomic E-state index is 12.5. The van der Waals surface area contributed by atoms with Gasteiger partial charge in [-0.2, -0.15) is 0 Å². The summed E-state index contributed by atoms with van der Waals surface area (Å²) >= 11 is 0. The maximum Gasteiger partial charge on any atom is 0.317 e. The van der Waals surface area contributed by atoms with Crippen LogP contribution in [0.2, 0.25) is 36.3 Å². The SMILES string of the molecule is CC(C)(C)[Si](C)(C)OC(=O)/C=C/c1cn([Si](C)(C)C(C)(C)C)c2ccccc12. The van der Waals surface area contributed by atoms with Gasteiger partial charge in [0, 0.05) is 23.2 Å². The van der Waals surface area contributed by atoms with Crippen LogP contribution in [0, 0.1) is 0 Å². The first-order valence-corrected chi connectivity index (χ1v) is 15.9. The molecule has 0 bridgehead atoms. The molecule has 1 aromatic heterocycles. The lowest BCUT2D eigenvalue weighted by atomic mass is 10.1. The molecular formula is C23H37NO2Si2. The minimum atomic E-state index is -2.11. The molecule has 0 saturated heterocycles. The molecule has 0 unspecified atom stereocenters. The number of carbonyl (C=O) groups is 1. The molecule has 0 atom stereocenters. The number of fused-ring (bicyclic) bond motifs is 1. The molecule has 0 aliphatic heterocycles. The highest BCUT2D eigenvalue weighted by Gasteiger charge is 2.40. The van der Waals surface area contributed by atoms with Gasteiger partial charge in [-0.25, -0.2) is 4.79 Å². The third kappa shape index (κ3) is 4.35. The van der Waals surface area contributed by atoms with Gasteiger partial charge in [-0.3, -0.25) is 0 Å². The average Bonchev–Trinajstić information content (AvgIpc) is 2.90. The Balaban J connectivity index is 2.42. The first kappa shape index (κ1) is 22.7. The van der Waals surface area contributed by atoms with Crippen molar-refractivity contribution in [3.05, 3.63) is 42.1 Å². The van der Waals surface area contributed by atoms with E-state index < -0.39 is 16.6 Å². The minimum Gasteiger partial charge on any atom is -0.516 e. The van der Waals surface area contributed by atoms with E-state index in [1.165, 1.54) is 10.9 Å². The van der Waals surface area contributed by atoms with Crippen LogP contribution in [0.4, 0.5) is 0 Å². The van der Waals surface area contributed by atoms with Gasteiger partial charge in [-0.15, -0.1) is 0 Å². The predicted octanol–water partition coefficient (Wildman–Crippen LogP) is 7.06. The number of benzene rings is 1. The molecule has 2 rings (SSSR count). The highest BCUT2D eigenvalue weighted by Crippen LogP contribution is 2.40. The number of nitrogens with zero attached hydrogens (tertiary/aromatic N) is 1. The quantitative estimate of drug-likeness (QED) is 0.395. The van der Waals surface area contributed by atoms with Gasteiger partial charge in [0.1, 0.15) is 0 Å². The third-order valence-electron chi connectivity index (χ3n) is 6.74. The number of para-hydroxylation sites is 1. The Labute approximate surface area is 173 Å². The Morgan fingerprint density at radius 1 is 0.964 bits per heavy atom. The topological polar surface area (TPSA) is 31.2 Å². The second-order valence-corrected chi connectivity index (χ2v) is 20.6. The van der Waals surface area contributed by atoms with Crippen LogP contribution in [0.1, 0.15) is 47.1 Å². The van der Waals surface area contributed by atoms with E-state index in [0.717, 1.165) is 5.56 Å². The van der Waals surface area contributed by atoms with E-state index in [0.29, 0.717) is 0 Å². The normalized spacial score (nSPS) is 14.1. The Bertz CT molecular complexity index is 893. The molecule has 2 aromatic rings. The second-order valence-electron chi connectivity index (χ2n) is 10.8. The Morgan fingerprint density at radius 2 is 1.54 bits per heavy atom. The molecule has 154 valence electrons. The van der Waals surface area contributed by atoms with Gasteiger partial charge >= 0.3 is 5.97 Å². The molecule has 5 heteroatoms. The first-order chi connectivity index (χ1) is 12.6. The molecule has 0 spiro atoms.